The lowest BCUT2D eigenvalue weighted by atomic mass is 10.4. The first-order chi connectivity index (χ1) is 5.61. The minimum Gasteiger partial charge on any atom is -0.465 e. The second-order valence-corrected chi connectivity index (χ2v) is 2.34. The maximum atomic E-state index is 10.9. The van der Waals surface area contributed by atoms with Crippen molar-refractivity contribution in [3.63, 3.8) is 0 Å². The van der Waals surface area contributed by atoms with Crippen LogP contribution in [0.15, 0.2) is 0 Å². The van der Waals surface area contributed by atoms with Crippen LogP contribution in [0, 0.1) is 0 Å². The first-order valence-electron chi connectivity index (χ1n) is 4.02. The van der Waals surface area contributed by atoms with E-state index in [2.05, 4.69) is 0 Å². The topological polar surface area (TPSA) is 46.6 Å². The van der Waals surface area contributed by atoms with Crippen molar-refractivity contribution in [3.05, 3.63) is 0 Å². The van der Waals surface area contributed by atoms with Gasteiger partial charge in [-0.05, 0) is 13.8 Å². The molecule has 0 aliphatic carbocycles. The van der Waals surface area contributed by atoms with Gasteiger partial charge in [-0.15, -0.1) is 0 Å². The van der Waals surface area contributed by atoms with E-state index in [4.69, 9.17) is 4.74 Å². The molecule has 0 saturated carbocycles. The van der Waals surface area contributed by atoms with Gasteiger partial charge in [0.05, 0.1) is 6.61 Å². The Morgan fingerprint density at radius 3 is 2.25 bits per heavy atom. The summed E-state index contributed by atoms with van der Waals surface area (Å²) in [4.78, 5) is 23.2. The molecule has 0 rings (SSSR count). The van der Waals surface area contributed by atoms with Gasteiger partial charge in [0, 0.05) is 13.5 Å². The Bertz CT molecular complexity index is 168. The molecule has 0 aliphatic rings. The molecule has 0 saturated heterocycles. The quantitative estimate of drug-likeness (QED) is 0.579. The van der Waals surface area contributed by atoms with Crippen LogP contribution in [0.1, 0.15) is 20.8 Å². The van der Waals surface area contributed by atoms with Gasteiger partial charge < -0.3 is 9.64 Å². The molecule has 4 heteroatoms. The summed E-state index contributed by atoms with van der Waals surface area (Å²) in [6.45, 7) is 5.94. The maximum Gasteiger partial charge on any atom is 0.325 e. The molecule has 4 nitrogen and oxygen atoms in total. The van der Waals surface area contributed by atoms with Crippen molar-refractivity contribution < 1.29 is 14.3 Å². The Kier molecular flexibility index (Phi) is 5.08. The standard InChI is InChI=1S/C8H15NO3/c1-4-9(7(3)10)6-8(11)12-5-2/h4-6H2,1-3H3. The molecule has 0 aliphatic heterocycles. The summed E-state index contributed by atoms with van der Waals surface area (Å²) in [5.74, 6) is -0.458. The summed E-state index contributed by atoms with van der Waals surface area (Å²) in [6, 6.07) is 0. The summed E-state index contributed by atoms with van der Waals surface area (Å²) >= 11 is 0. The zero-order valence-electron chi connectivity index (χ0n) is 7.79. The highest BCUT2D eigenvalue weighted by Gasteiger charge is 2.11. The molecule has 0 heterocycles. The van der Waals surface area contributed by atoms with E-state index in [0.29, 0.717) is 13.2 Å². The molecule has 0 aromatic heterocycles. The highest BCUT2D eigenvalue weighted by Crippen LogP contribution is 1.90. The SMILES string of the molecule is CCOC(=O)CN(CC)C(C)=O. The van der Waals surface area contributed by atoms with Crippen molar-refractivity contribution in [3.8, 4) is 0 Å². The fourth-order valence-corrected chi connectivity index (χ4v) is 0.808. The van der Waals surface area contributed by atoms with E-state index < -0.39 is 0 Å². The van der Waals surface area contributed by atoms with Gasteiger partial charge in [0.1, 0.15) is 6.54 Å². The fourth-order valence-electron chi connectivity index (χ4n) is 0.808. The number of hydrogen-bond donors (Lipinski definition) is 0. The minimum atomic E-state index is -0.352. The third kappa shape index (κ3) is 3.95. The number of carbonyl (C=O) groups excluding carboxylic acids is 2. The van der Waals surface area contributed by atoms with Crippen molar-refractivity contribution in [2.45, 2.75) is 20.8 Å². The van der Waals surface area contributed by atoms with Gasteiger partial charge in [-0.2, -0.15) is 0 Å². The van der Waals surface area contributed by atoms with Crippen molar-refractivity contribution in [1.82, 2.24) is 4.90 Å². The molecule has 12 heavy (non-hydrogen) atoms. The molecule has 70 valence electrons. The van der Waals surface area contributed by atoms with Crippen LogP contribution in [-0.4, -0.2) is 36.5 Å². The predicted octanol–water partition coefficient (Wildman–Crippen LogP) is 0.418. The Morgan fingerprint density at radius 1 is 1.33 bits per heavy atom. The van der Waals surface area contributed by atoms with Crippen LogP contribution in [-0.2, 0) is 14.3 Å². The number of carbonyl (C=O) groups is 2. The molecular formula is C8H15NO3. The van der Waals surface area contributed by atoms with Crippen LogP contribution < -0.4 is 0 Å². The molecule has 0 fully saturated rings. The van der Waals surface area contributed by atoms with E-state index in [-0.39, 0.29) is 18.4 Å². The van der Waals surface area contributed by atoms with Gasteiger partial charge in [-0.3, -0.25) is 9.59 Å². The van der Waals surface area contributed by atoms with Crippen molar-refractivity contribution >= 4 is 11.9 Å². The number of nitrogens with zero attached hydrogens (tertiary/aromatic N) is 1. The lowest BCUT2D eigenvalue weighted by Crippen LogP contribution is -2.34. The highest BCUT2D eigenvalue weighted by molar-refractivity contribution is 5.80. The summed E-state index contributed by atoms with van der Waals surface area (Å²) in [6.07, 6.45) is 0. The predicted molar refractivity (Wildman–Crippen MR) is 44.6 cm³/mol. The molecular weight excluding hydrogens is 158 g/mol. The second kappa shape index (κ2) is 5.57. The number of ether oxygens (including phenoxy) is 1. The van der Waals surface area contributed by atoms with Gasteiger partial charge >= 0.3 is 5.97 Å². The van der Waals surface area contributed by atoms with Crippen molar-refractivity contribution in [2.75, 3.05) is 19.7 Å². The van der Waals surface area contributed by atoms with E-state index in [0.717, 1.165) is 0 Å². The number of hydrogen-bond acceptors (Lipinski definition) is 3. The normalized spacial score (nSPS) is 9.25. The van der Waals surface area contributed by atoms with Crippen LogP contribution >= 0.6 is 0 Å². The zero-order chi connectivity index (χ0) is 9.56. The van der Waals surface area contributed by atoms with E-state index >= 15 is 0 Å². The average Bonchev–Trinajstić information content (AvgIpc) is 2.00. The summed E-state index contributed by atoms with van der Waals surface area (Å²) in [7, 11) is 0. The van der Waals surface area contributed by atoms with Gasteiger partial charge in [-0.1, -0.05) is 0 Å². The van der Waals surface area contributed by atoms with Crippen LogP contribution in [0.2, 0.25) is 0 Å². The molecule has 0 spiro atoms. The summed E-state index contributed by atoms with van der Waals surface area (Å²) < 4.78 is 4.69. The minimum absolute atomic E-state index is 0.0552. The molecule has 0 atom stereocenters. The van der Waals surface area contributed by atoms with Crippen LogP contribution in [0.4, 0.5) is 0 Å². The Labute approximate surface area is 72.5 Å². The van der Waals surface area contributed by atoms with Gasteiger partial charge in [0.25, 0.3) is 0 Å². The maximum absolute atomic E-state index is 10.9. The lowest BCUT2D eigenvalue weighted by Gasteiger charge is -2.16. The number of rotatable bonds is 4. The van der Waals surface area contributed by atoms with Gasteiger partial charge in [0.15, 0.2) is 0 Å². The molecule has 0 bridgehead atoms. The Hall–Kier alpha value is -1.06. The van der Waals surface area contributed by atoms with Crippen LogP contribution in [0.5, 0.6) is 0 Å². The van der Waals surface area contributed by atoms with Crippen molar-refractivity contribution in [1.29, 1.82) is 0 Å². The highest BCUT2D eigenvalue weighted by atomic mass is 16.5. The van der Waals surface area contributed by atoms with Gasteiger partial charge in [0.2, 0.25) is 5.91 Å². The molecule has 0 unspecified atom stereocenters. The molecule has 0 aromatic rings. The number of esters is 1. The van der Waals surface area contributed by atoms with E-state index in [1.807, 2.05) is 6.92 Å². The first-order valence-corrected chi connectivity index (χ1v) is 4.02. The van der Waals surface area contributed by atoms with E-state index in [1.54, 1.807) is 6.92 Å². The molecule has 0 aromatic carbocycles. The largest absolute Gasteiger partial charge is 0.465 e. The second-order valence-electron chi connectivity index (χ2n) is 2.34. The average molecular weight is 173 g/mol. The molecule has 0 N–H and O–H groups in total. The first kappa shape index (κ1) is 10.9. The zero-order valence-corrected chi connectivity index (χ0v) is 7.79. The molecule has 1 amide bonds. The lowest BCUT2D eigenvalue weighted by molar-refractivity contribution is -0.148. The monoisotopic (exact) mass is 173 g/mol. The summed E-state index contributed by atoms with van der Waals surface area (Å²) in [5, 5.41) is 0. The number of amides is 1. The van der Waals surface area contributed by atoms with E-state index in [9.17, 15) is 9.59 Å². The number of likely N-dealkylation sites (N-methyl/N-ethyl adjacent to an activating group) is 1. The van der Waals surface area contributed by atoms with Crippen LogP contribution in [0.25, 0.3) is 0 Å². The third-order valence-electron chi connectivity index (χ3n) is 1.45. The van der Waals surface area contributed by atoms with Crippen molar-refractivity contribution in [2.24, 2.45) is 0 Å². The Balaban J connectivity index is 3.85. The summed E-state index contributed by atoms with van der Waals surface area (Å²) in [5.41, 5.74) is 0. The van der Waals surface area contributed by atoms with Crippen LogP contribution in [0.3, 0.4) is 0 Å². The Morgan fingerprint density at radius 2 is 1.92 bits per heavy atom. The smallest absolute Gasteiger partial charge is 0.325 e. The van der Waals surface area contributed by atoms with Gasteiger partial charge in [-0.25, -0.2) is 0 Å². The molecule has 0 radical (unpaired) electrons. The fraction of sp³-hybridized carbons (Fsp3) is 0.750. The van der Waals surface area contributed by atoms with E-state index in [1.165, 1.54) is 11.8 Å². The third-order valence-corrected chi connectivity index (χ3v) is 1.45.